The Kier molecular flexibility index (Phi) is 6.16. The van der Waals surface area contributed by atoms with E-state index in [1.54, 1.807) is 4.90 Å². The van der Waals surface area contributed by atoms with Crippen LogP contribution in [0.25, 0.3) is 0 Å². The van der Waals surface area contributed by atoms with Crippen molar-refractivity contribution >= 4 is 11.8 Å². The molecule has 4 heteroatoms. The molecule has 0 heterocycles. The molecular formula is C14H26N2O2. The monoisotopic (exact) mass is 254 g/mol. The Morgan fingerprint density at radius 2 is 1.89 bits per heavy atom. The van der Waals surface area contributed by atoms with Crippen molar-refractivity contribution < 1.29 is 9.59 Å². The van der Waals surface area contributed by atoms with E-state index < -0.39 is 0 Å². The van der Waals surface area contributed by atoms with Crippen molar-refractivity contribution in [3.05, 3.63) is 0 Å². The number of nitrogens with zero attached hydrogens (tertiary/aromatic N) is 1. The van der Waals surface area contributed by atoms with E-state index in [4.69, 9.17) is 0 Å². The summed E-state index contributed by atoms with van der Waals surface area (Å²) in [7, 11) is 0. The number of hydrogen-bond acceptors (Lipinski definition) is 2. The summed E-state index contributed by atoms with van der Waals surface area (Å²) in [6, 6.07) is 0.441. The standard InChI is InChI=1S/C14H26N2O2/c1-4-11(2)16(12(3)17)10-14(18)15-13-8-6-5-7-9-13/h11,13H,4-10H2,1-3H3,(H,15,18). The predicted molar refractivity (Wildman–Crippen MR) is 72.2 cm³/mol. The van der Waals surface area contributed by atoms with Crippen LogP contribution >= 0.6 is 0 Å². The molecule has 1 rings (SSSR count). The highest BCUT2D eigenvalue weighted by Crippen LogP contribution is 2.17. The van der Waals surface area contributed by atoms with E-state index in [1.807, 2.05) is 13.8 Å². The van der Waals surface area contributed by atoms with Gasteiger partial charge in [0.1, 0.15) is 0 Å². The molecule has 0 aliphatic heterocycles. The van der Waals surface area contributed by atoms with Crippen LogP contribution in [-0.2, 0) is 9.59 Å². The predicted octanol–water partition coefficient (Wildman–Crippen LogP) is 2.08. The molecule has 18 heavy (non-hydrogen) atoms. The lowest BCUT2D eigenvalue weighted by molar-refractivity contribution is -0.136. The van der Waals surface area contributed by atoms with Gasteiger partial charge in [0, 0.05) is 19.0 Å². The summed E-state index contributed by atoms with van der Waals surface area (Å²) in [5, 5.41) is 3.05. The fraction of sp³-hybridized carbons (Fsp3) is 0.857. The molecule has 1 saturated carbocycles. The summed E-state index contributed by atoms with van der Waals surface area (Å²) in [5.74, 6) is -0.0412. The fourth-order valence-electron chi connectivity index (χ4n) is 2.47. The lowest BCUT2D eigenvalue weighted by Crippen LogP contribution is -2.47. The first kappa shape index (κ1) is 15.0. The van der Waals surface area contributed by atoms with Crippen LogP contribution in [0.2, 0.25) is 0 Å². The first-order chi connectivity index (χ1) is 8.54. The zero-order valence-electron chi connectivity index (χ0n) is 11.9. The van der Waals surface area contributed by atoms with E-state index in [1.165, 1.54) is 26.2 Å². The zero-order chi connectivity index (χ0) is 13.5. The molecule has 4 nitrogen and oxygen atoms in total. The van der Waals surface area contributed by atoms with Crippen molar-refractivity contribution in [2.24, 2.45) is 0 Å². The van der Waals surface area contributed by atoms with Gasteiger partial charge in [-0.25, -0.2) is 0 Å². The van der Waals surface area contributed by atoms with Gasteiger partial charge < -0.3 is 10.2 Å². The van der Waals surface area contributed by atoms with Gasteiger partial charge >= 0.3 is 0 Å². The number of carbonyl (C=O) groups excluding carboxylic acids is 2. The molecule has 0 spiro atoms. The van der Waals surface area contributed by atoms with Gasteiger partial charge in [-0.1, -0.05) is 26.2 Å². The average molecular weight is 254 g/mol. The van der Waals surface area contributed by atoms with E-state index in [9.17, 15) is 9.59 Å². The number of nitrogens with one attached hydrogen (secondary N) is 1. The van der Waals surface area contributed by atoms with E-state index in [0.29, 0.717) is 6.04 Å². The smallest absolute Gasteiger partial charge is 0.239 e. The summed E-state index contributed by atoms with van der Waals surface area (Å²) in [4.78, 5) is 25.1. The van der Waals surface area contributed by atoms with Gasteiger partial charge in [0.05, 0.1) is 6.54 Å². The highest BCUT2D eigenvalue weighted by Gasteiger charge is 2.21. The van der Waals surface area contributed by atoms with Crippen LogP contribution in [0, 0.1) is 0 Å². The second kappa shape index (κ2) is 7.39. The largest absolute Gasteiger partial charge is 0.352 e. The molecule has 1 fully saturated rings. The zero-order valence-corrected chi connectivity index (χ0v) is 11.9. The highest BCUT2D eigenvalue weighted by atomic mass is 16.2. The minimum atomic E-state index is -0.0249. The number of carbonyl (C=O) groups is 2. The highest BCUT2D eigenvalue weighted by molar-refractivity contribution is 5.84. The van der Waals surface area contributed by atoms with E-state index in [-0.39, 0.29) is 24.4 Å². The van der Waals surface area contributed by atoms with Crippen LogP contribution in [0.15, 0.2) is 0 Å². The Bertz CT molecular complexity index is 286. The third-order valence-corrected chi connectivity index (χ3v) is 3.81. The maximum absolute atomic E-state index is 11.9. The van der Waals surface area contributed by atoms with Crippen molar-refractivity contribution in [3.8, 4) is 0 Å². The van der Waals surface area contributed by atoms with E-state index in [2.05, 4.69) is 5.32 Å². The molecule has 104 valence electrons. The van der Waals surface area contributed by atoms with Crippen molar-refractivity contribution in [1.82, 2.24) is 10.2 Å². The van der Waals surface area contributed by atoms with E-state index in [0.717, 1.165) is 19.3 Å². The molecule has 1 aliphatic carbocycles. The fourth-order valence-corrected chi connectivity index (χ4v) is 2.47. The minimum absolute atomic E-state index is 0.0163. The number of hydrogen-bond donors (Lipinski definition) is 1. The van der Waals surface area contributed by atoms with Gasteiger partial charge in [-0.05, 0) is 26.2 Å². The molecule has 0 aromatic rings. The number of rotatable bonds is 5. The van der Waals surface area contributed by atoms with Crippen LogP contribution in [0.3, 0.4) is 0 Å². The Hall–Kier alpha value is -1.06. The van der Waals surface area contributed by atoms with Crippen LogP contribution in [0.4, 0.5) is 0 Å². The Morgan fingerprint density at radius 3 is 2.39 bits per heavy atom. The lowest BCUT2D eigenvalue weighted by atomic mass is 9.95. The molecule has 0 aromatic carbocycles. The molecule has 1 N–H and O–H groups in total. The van der Waals surface area contributed by atoms with Gasteiger partial charge in [-0.2, -0.15) is 0 Å². The van der Waals surface area contributed by atoms with Gasteiger partial charge in [0.15, 0.2) is 0 Å². The quantitative estimate of drug-likeness (QED) is 0.816. The van der Waals surface area contributed by atoms with E-state index >= 15 is 0 Å². The summed E-state index contributed by atoms with van der Waals surface area (Å²) in [6.45, 7) is 5.73. The molecule has 2 amide bonds. The maximum atomic E-state index is 11.9. The van der Waals surface area contributed by atoms with Crippen molar-refractivity contribution in [3.63, 3.8) is 0 Å². The molecule has 0 aromatic heterocycles. The summed E-state index contributed by atoms with van der Waals surface area (Å²) < 4.78 is 0. The molecule has 1 atom stereocenters. The summed E-state index contributed by atoms with van der Waals surface area (Å²) in [5.41, 5.74) is 0. The first-order valence-corrected chi connectivity index (χ1v) is 7.11. The lowest BCUT2D eigenvalue weighted by Gasteiger charge is -2.29. The first-order valence-electron chi connectivity index (χ1n) is 7.11. The second-order valence-electron chi connectivity index (χ2n) is 5.31. The molecule has 0 saturated heterocycles. The van der Waals surface area contributed by atoms with Gasteiger partial charge in [0.2, 0.25) is 11.8 Å². The van der Waals surface area contributed by atoms with Crippen molar-refractivity contribution in [2.45, 2.75) is 71.4 Å². The summed E-state index contributed by atoms with van der Waals surface area (Å²) >= 11 is 0. The number of amides is 2. The van der Waals surface area contributed by atoms with Crippen molar-refractivity contribution in [1.29, 1.82) is 0 Å². The van der Waals surface area contributed by atoms with Crippen LogP contribution < -0.4 is 5.32 Å². The second-order valence-corrected chi connectivity index (χ2v) is 5.31. The Morgan fingerprint density at radius 1 is 1.28 bits per heavy atom. The average Bonchev–Trinajstić information content (AvgIpc) is 2.36. The Labute approximate surface area is 110 Å². The van der Waals surface area contributed by atoms with Gasteiger partial charge in [-0.3, -0.25) is 9.59 Å². The third kappa shape index (κ3) is 4.67. The van der Waals surface area contributed by atoms with Crippen LogP contribution in [0.5, 0.6) is 0 Å². The normalized spacial score (nSPS) is 18.2. The topological polar surface area (TPSA) is 49.4 Å². The SMILES string of the molecule is CCC(C)N(CC(=O)NC1CCCCC1)C(C)=O. The van der Waals surface area contributed by atoms with Crippen molar-refractivity contribution in [2.75, 3.05) is 6.54 Å². The van der Waals surface area contributed by atoms with Gasteiger partial charge in [0.25, 0.3) is 0 Å². The molecule has 1 unspecified atom stereocenters. The minimum Gasteiger partial charge on any atom is -0.352 e. The Balaban J connectivity index is 2.42. The molecule has 0 radical (unpaired) electrons. The summed E-state index contributed by atoms with van der Waals surface area (Å²) in [6.07, 6.45) is 6.71. The molecule has 0 bridgehead atoms. The van der Waals surface area contributed by atoms with Crippen LogP contribution in [-0.4, -0.2) is 35.3 Å². The maximum Gasteiger partial charge on any atom is 0.239 e. The van der Waals surface area contributed by atoms with Crippen LogP contribution in [0.1, 0.15) is 59.3 Å². The molecular weight excluding hydrogens is 228 g/mol. The third-order valence-electron chi connectivity index (χ3n) is 3.81. The molecule has 1 aliphatic rings. The van der Waals surface area contributed by atoms with Gasteiger partial charge in [-0.15, -0.1) is 0 Å².